The molecule has 1 aromatic heterocycles. The number of aryl methyl sites for hydroxylation is 1. The molecule has 1 amide bonds. The van der Waals surface area contributed by atoms with Gasteiger partial charge in [-0.2, -0.15) is 0 Å². The lowest BCUT2D eigenvalue weighted by Crippen LogP contribution is -2.17. The number of carbonyl (C=O) groups is 2. The summed E-state index contributed by atoms with van der Waals surface area (Å²) in [6.07, 6.45) is 5.42. The molecule has 0 saturated heterocycles. The summed E-state index contributed by atoms with van der Waals surface area (Å²) in [4.78, 5) is 26.2. The third-order valence-electron chi connectivity index (χ3n) is 4.43. The van der Waals surface area contributed by atoms with E-state index in [0.717, 1.165) is 36.8 Å². The largest absolute Gasteiger partial charge is 0.462 e. The first-order chi connectivity index (χ1) is 12.6. The van der Waals surface area contributed by atoms with E-state index in [9.17, 15) is 9.59 Å². The summed E-state index contributed by atoms with van der Waals surface area (Å²) in [6, 6.07) is 7.19. The van der Waals surface area contributed by atoms with Gasteiger partial charge in [0.05, 0.1) is 18.6 Å². The highest BCUT2D eigenvalue weighted by Gasteiger charge is 2.26. The van der Waals surface area contributed by atoms with E-state index >= 15 is 0 Å². The van der Waals surface area contributed by atoms with E-state index in [0.29, 0.717) is 22.2 Å². The van der Waals surface area contributed by atoms with E-state index < -0.39 is 0 Å². The molecule has 0 spiro atoms. The number of halogens is 1. The molecule has 3 rings (SSSR count). The molecule has 1 heterocycles. The van der Waals surface area contributed by atoms with Crippen LogP contribution >= 0.6 is 22.9 Å². The normalized spacial score (nSPS) is 13.6. The van der Waals surface area contributed by atoms with Crippen LogP contribution in [0.2, 0.25) is 5.02 Å². The zero-order valence-corrected chi connectivity index (χ0v) is 16.3. The molecular formula is C20H22ClNO3S. The highest BCUT2D eigenvalue weighted by Crippen LogP contribution is 2.38. The summed E-state index contributed by atoms with van der Waals surface area (Å²) in [5.41, 5.74) is 2.49. The average Bonchev–Trinajstić information content (AvgIpc) is 2.78. The van der Waals surface area contributed by atoms with Crippen molar-refractivity contribution in [1.29, 1.82) is 0 Å². The standard InChI is InChI=1S/C20H22ClNO3S/c1-2-25-20(24)18-15-6-4-3-5-7-16(15)26-19(18)22-17(23)12-13-8-10-14(21)11-9-13/h8-11H,2-7,12H2,1H3,(H,22,23). The molecule has 1 aliphatic carbocycles. The molecule has 1 N–H and O–H groups in total. The quantitative estimate of drug-likeness (QED) is 0.574. The first-order valence-electron chi connectivity index (χ1n) is 8.94. The van der Waals surface area contributed by atoms with Crippen LogP contribution in [0.25, 0.3) is 0 Å². The van der Waals surface area contributed by atoms with Gasteiger partial charge in [-0.1, -0.05) is 30.2 Å². The maximum atomic E-state index is 12.5. The van der Waals surface area contributed by atoms with Crippen LogP contribution in [-0.2, 0) is 28.8 Å². The summed E-state index contributed by atoms with van der Waals surface area (Å²) < 4.78 is 5.25. The lowest BCUT2D eigenvalue weighted by molar-refractivity contribution is -0.115. The first-order valence-corrected chi connectivity index (χ1v) is 10.1. The minimum atomic E-state index is -0.339. The summed E-state index contributed by atoms with van der Waals surface area (Å²) in [5.74, 6) is -0.483. The van der Waals surface area contributed by atoms with Gasteiger partial charge in [0.15, 0.2) is 0 Å². The molecule has 0 radical (unpaired) electrons. The van der Waals surface area contributed by atoms with Gasteiger partial charge < -0.3 is 10.1 Å². The number of hydrogen-bond donors (Lipinski definition) is 1. The van der Waals surface area contributed by atoms with Gasteiger partial charge in [0, 0.05) is 9.90 Å². The Hall–Kier alpha value is -1.85. The molecule has 0 saturated carbocycles. The zero-order chi connectivity index (χ0) is 18.5. The van der Waals surface area contributed by atoms with Crippen LogP contribution in [0.1, 0.15) is 52.5 Å². The van der Waals surface area contributed by atoms with Crippen LogP contribution in [0, 0.1) is 0 Å². The minimum absolute atomic E-state index is 0.144. The van der Waals surface area contributed by atoms with Crippen LogP contribution < -0.4 is 5.32 Å². The molecule has 26 heavy (non-hydrogen) atoms. The second-order valence-corrected chi connectivity index (χ2v) is 7.88. The van der Waals surface area contributed by atoms with Crippen molar-refractivity contribution in [3.8, 4) is 0 Å². The zero-order valence-electron chi connectivity index (χ0n) is 14.8. The molecule has 4 nitrogen and oxygen atoms in total. The maximum absolute atomic E-state index is 12.5. The van der Waals surface area contributed by atoms with Crippen LogP contribution in [0.4, 0.5) is 5.00 Å². The topological polar surface area (TPSA) is 55.4 Å². The molecular weight excluding hydrogens is 370 g/mol. The summed E-state index contributed by atoms with van der Waals surface area (Å²) in [5, 5.41) is 4.20. The number of esters is 1. The van der Waals surface area contributed by atoms with Crippen molar-refractivity contribution >= 4 is 39.8 Å². The van der Waals surface area contributed by atoms with Crippen molar-refractivity contribution in [2.24, 2.45) is 0 Å². The van der Waals surface area contributed by atoms with Crippen molar-refractivity contribution in [1.82, 2.24) is 0 Å². The highest BCUT2D eigenvalue weighted by atomic mass is 35.5. The average molecular weight is 392 g/mol. The Morgan fingerprint density at radius 3 is 2.62 bits per heavy atom. The number of benzene rings is 1. The highest BCUT2D eigenvalue weighted by molar-refractivity contribution is 7.17. The van der Waals surface area contributed by atoms with Crippen molar-refractivity contribution in [3.05, 3.63) is 50.9 Å². The molecule has 0 unspecified atom stereocenters. The first kappa shape index (κ1) is 18.9. The number of nitrogens with one attached hydrogen (secondary N) is 1. The predicted octanol–water partition coefficient (Wildman–Crippen LogP) is 5.03. The van der Waals surface area contributed by atoms with Gasteiger partial charge in [-0.05, 0) is 55.9 Å². The third kappa shape index (κ3) is 4.46. The van der Waals surface area contributed by atoms with Gasteiger partial charge in [-0.25, -0.2) is 4.79 Å². The predicted molar refractivity (Wildman–Crippen MR) is 105 cm³/mol. The van der Waals surface area contributed by atoms with Crippen LogP contribution in [0.15, 0.2) is 24.3 Å². The number of fused-ring (bicyclic) bond motifs is 1. The van der Waals surface area contributed by atoms with Gasteiger partial charge in [-0.3, -0.25) is 4.79 Å². The molecule has 1 aromatic carbocycles. The second-order valence-electron chi connectivity index (χ2n) is 6.34. The van der Waals surface area contributed by atoms with Crippen LogP contribution in [-0.4, -0.2) is 18.5 Å². The molecule has 1 aliphatic rings. The van der Waals surface area contributed by atoms with Gasteiger partial charge in [0.2, 0.25) is 5.91 Å². The number of carbonyl (C=O) groups excluding carboxylic acids is 2. The van der Waals surface area contributed by atoms with E-state index in [4.69, 9.17) is 16.3 Å². The molecule has 6 heteroatoms. The minimum Gasteiger partial charge on any atom is -0.462 e. The van der Waals surface area contributed by atoms with Crippen LogP contribution in [0.5, 0.6) is 0 Å². The fourth-order valence-electron chi connectivity index (χ4n) is 3.21. The number of anilines is 1. The number of ether oxygens (including phenoxy) is 1. The van der Waals surface area contributed by atoms with Crippen molar-refractivity contribution in [2.75, 3.05) is 11.9 Å². The summed E-state index contributed by atoms with van der Waals surface area (Å²) >= 11 is 7.40. The summed E-state index contributed by atoms with van der Waals surface area (Å²) in [6.45, 7) is 2.11. The fourth-order valence-corrected chi connectivity index (χ4v) is 4.63. The Morgan fingerprint density at radius 2 is 1.88 bits per heavy atom. The molecule has 0 bridgehead atoms. The van der Waals surface area contributed by atoms with Crippen molar-refractivity contribution < 1.29 is 14.3 Å². The van der Waals surface area contributed by atoms with E-state index in [1.165, 1.54) is 22.6 Å². The Kier molecular flexibility index (Phi) is 6.33. The maximum Gasteiger partial charge on any atom is 0.341 e. The van der Waals surface area contributed by atoms with E-state index in [-0.39, 0.29) is 18.3 Å². The van der Waals surface area contributed by atoms with Gasteiger partial charge >= 0.3 is 5.97 Å². The molecule has 0 fully saturated rings. The van der Waals surface area contributed by atoms with Gasteiger partial charge in [0.1, 0.15) is 5.00 Å². The lowest BCUT2D eigenvalue weighted by Gasteiger charge is -2.08. The van der Waals surface area contributed by atoms with Crippen molar-refractivity contribution in [2.45, 2.75) is 45.4 Å². The third-order valence-corrected chi connectivity index (χ3v) is 5.89. The number of hydrogen-bond acceptors (Lipinski definition) is 4. The molecule has 2 aromatic rings. The Bertz CT molecular complexity index is 798. The van der Waals surface area contributed by atoms with Crippen molar-refractivity contribution in [3.63, 3.8) is 0 Å². The Morgan fingerprint density at radius 1 is 1.15 bits per heavy atom. The van der Waals surface area contributed by atoms with E-state index in [1.54, 1.807) is 19.1 Å². The van der Waals surface area contributed by atoms with E-state index in [2.05, 4.69) is 5.32 Å². The number of thiophene rings is 1. The molecule has 138 valence electrons. The monoisotopic (exact) mass is 391 g/mol. The second kappa shape index (κ2) is 8.69. The Labute approximate surface area is 162 Å². The lowest BCUT2D eigenvalue weighted by atomic mass is 10.1. The fraction of sp³-hybridized carbons (Fsp3) is 0.400. The Balaban J connectivity index is 1.82. The summed E-state index contributed by atoms with van der Waals surface area (Å²) in [7, 11) is 0. The van der Waals surface area contributed by atoms with E-state index in [1.807, 2.05) is 12.1 Å². The molecule has 0 atom stereocenters. The number of amides is 1. The number of rotatable bonds is 5. The van der Waals surface area contributed by atoms with Gasteiger partial charge in [0.25, 0.3) is 0 Å². The molecule has 0 aliphatic heterocycles. The van der Waals surface area contributed by atoms with Crippen LogP contribution in [0.3, 0.4) is 0 Å². The smallest absolute Gasteiger partial charge is 0.341 e. The SMILES string of the molecule is CCOC(=O)c1c(NC(=O)Cc2ccc(Cl)cc2)sc2c1CCCCC2. The van der Waals surface area contributed by atoms with Gasteiger partial charge in [-0.15, -0.1) is 11.3 Å².